The SMILES string of the molecule is CCCCCCCCCCCCCCCCCC(=O)N(CCO)CCO.OCCNCCO. The van der Waals surface area contributed by atoms with E-state index in [-0.39, 0.29) is 32.3 Å². The first kappa shape index (κ1) is 34.4. The molecule has 0 spiro atoms. The van der Waals surface area contributed by atoms with E-state index in [0.29, 0.717) is 32.6 Å². The lowest BCUT2D eigenvalue weighted by molar-refractivity contribution is -0.132. The van der Waals surface area contributed by atoms with E-state index in [0.717, 1.165) is 12.8 Å². The molecule has 5 N–H and O–H groups in total. The third-order valence-electron chi connectivity index (χ3n) is 5.66. The monoisotopic (exact) mass is 476 g/mol. The Morgan fingerprint density at radius 2 is 0.939 bits per heavy atom. The summed E-state index contributed by atoms with van der Waals surface area (Å²) in [5.74, 6) is 0.0581. The van der Waals surface area contributed by atoms with E-state index in [4.69, 9.17) is 20.4 Å². The zero-order valence-electron chi connectivity index (χ0n) is 21.6. The molecule has 0 aliphatic carbocycles. The zero-order valence-corrected chi connectivity index (χ0v) is 21.6. The number of aliphatic hydroxyl groups is 4. The molecule has 0 bridgehead atoms. The minimum Gasteiger partial charge on any atom is -0.395 e. The predicted molar refractivity (Wildman–Crippen MR) is 137 cm³/mol. The summed E-state index contributed by atoms with van der Waals surface area (Å²) in [7, 11) is 0. The highest BCUT2D eigenvalue weighted by Crippen LogP contribution is 2.14. The second kappa shape index (κ2) is 31.3. The molecule has 200 valence electrons. The Balaban J connectivity index is 0. The Labute approximate surface area is 204 Å². The van der Waals surface area contributed by atoms with Gasteiger partial charge in [-0.15, -0.1) is 0 Å². The standard InChI is InChI=1S/C22H45NO3.C4H11NO2/c1-2-3-4-5-6-7-8-9-10-11-12-13-14-15-16-17-22(26)23(18-20-24)19-21-25;6-3-1-5-2-4-7/h24-25H,2-21H2,1H3;5-7H,1-4H2. The molecule has 0 aliphatic heterocycles. The van der Waals surface area contributed by atoms with Crippen LogP contribution >= 0.6 is 0 Å². The Kier molecular flexibility index (Phi) is 32.6. The van der Waals surface area contributed by atoms with Crippen molar-refractivity contribution < 1.29 is 25.2 Å². The van der Waals surface area contributed by atoms with Gasteiger partial charge in [-0.2, -0.15) is 0 Å². The van der Waals surface area contributed by atoms with Gasteiger partial charge in [-0.3, -0.25) is 4.79 Å². The molecule has 33 heavy (non-hydrogen) atoms. The number of hydrogen-bond donors (Lipinski definition) is 5. The Bertz CT molecular complexity index is 363. The summed E-state index contributed by atoms with van der Waals surface area (Å²) < 4.78 is 0. The predicted octanol–water partition coefficient (Wildman–Crippen LogP) is 3.62. The Morgan fingerprint density at radius 3 is 1.27 bits per heavy atom. The molecular weight excluding hydrogens is 420 g/mol. The lowest BCUT2D eigenvalue weighted by atomic mass is 10.0. The highest BCUT2D eigenvalue weighted by atomic mass is 16.3. The lowest BCUT2D eigenvalue weighted by Gasteiger charge is -2.20. The highest BCUT2D eigenvalue weighted by Gasteiger charge is 2.11. The number of nitrogens with one attached hydrogen (secondary N) is 1. The maximum absolute atomic E-state index is 12.0. The van der Waals surface area contributed by atoms with Crippen LogP contribution in [0.15, 0.2) is 0 Å². The van der Waals surface area contributed by atoms with Crippen LogP contribution in [0.4, 0.5) is 0 Å². The summed E-state index contributed by atoms with van der Waals surface area (Å²) in [6.45, 7) is 4.28. The third kappa shape index (κ3) is 29.2. The number of rotatable bonds is 24. The number of amides is 1. The summed E-state index contributed by atoms with van der Waals surface area (Å²) in [5.41, 5.74) is 0. The lowest BCUT2D eigenvalue weighted by Crippen LogP contribution is -2.35. The summed E-state index contributed by atoms with van der Waals surface area (Å²) in [6, 6.07) is 0. The molecular formula is C26H56N2O5. The van der Waals surface area contributed by atoms with E-state index in [1.807, 2.05) is 0 Å². The van der Waals surface area contributed by atoms with Gasteiger partial charge in [-0.25, -0.2) is 0 Å². The van der Waals surface area contributed by atoms with Crippen LogP contribution in [0.1, 0.15) is 110 Å². The van der Waals surface area contributed by atoms with Crippen molar-refractivity contribution in [3.63, 3.8) is 0 Å². The van der Waals surface area contributed by atoms with Gasteiger partial charge in [-0.05, 0) is 6.42 Å². The summed E-state index contributed by atoms with van der Waals surface area (Å²) in [6.07, 6.45) is 20.3. The number of nitrogens with zero attached hydrogens (tertiary/aromatic N) is 1. The van der Waals surface area contributed by atoms with E-state index in [2.05, 4.69) is 12.2 Å². The molecule has 0 fully saturated rings. The first-order valence-electron chi connectivity index (χ1n) is 13.6. The molecule has 0 aromatic heterocycles. The van der Waals surface area contributed by atoms with Crippen LogP contribution in [-0.2, 0) is 4.79 Å². The summed E-state index contributed by atoms with van der Waals surface area (Å²) >= 11 is 0. The quantitative estimate of drug-likeness (QED) is 0.136. The Morgan fingerprint density at radius 1 is 0.576 bits per heavy atom. The highest BCUT2D eigenvalue weighted by molar-refractivity contribution is 5.76. The molecule has 0 saturated heterocycles. The van der Waals surface area contributed by atoms with Gasteiger partial charge < -0.3 is 30.6 Å². The maximum Gasteiger partial charge on any atom is 0.222 e. The minimum absolute atomic E-state index is 0.0371. The van der Waals surface area contributed by atoms with Gasteiger partial charge in [0.2, 0.25) is 5.91 Å². The van der Waals surface area contributed by atoms with Crippen molar-refractivity contribution in [1.29, 1.82) is 0 Å². The van der Waals surface area contributed by atoms with Gasteiger partial charge in [0.25, 0.3) is 0 Å². The van der Waals surface area contributed by atoms with Gasteiger partial charge in [0.05, 0.1) is 26.4 Å². The number of carbonyl (C=O) groups excluding carboxylic acids is 1. The first-order chi connectivity index (χ1) is 16.2. The van der Waals surface area contributed by atoms with Crippen LogP contribution < -0.4 is 5.32 Å². The van der Waals surface area contributed by atoms with Crippen LogP contribution in [0, 0.1) is 0 Å². The fourth-order valence-corrected chi connectivity index (χ4v) is 3.69. The number of unbranched alkanes of at least 4 members (excludes halogenated alkanes) is 14. The van der Waals surface area contributed by atoms with Crippen LogP contribution in [-0.4, -0.2) is 83.8 Å². The number of carbonyl (C=O) groups is 1. The van der Waals surface area contributed by atoms with Gasteiger partial charge in [0, 0.05) is 32.6 Å². The molecule has 0 heterocycles. The summed E-state index contributed by atoms with van der Waals surface area (Å²) in [5, 5.41) is 37.0. The van der Waals surface area contributed by atoms with Crippen molar-refractivity contribution in [1.82, 2.24) is 10.2 Å². The van der Waals surface area contributed by atoms with Crippen molar-refractivity contribution in [2.24, 2.45) is 0 Å². The topological polar surface area (TPSA) is 113 Å². The van der Waals surface area contributed by atoms with Crippen molar-refractivity contribution in [2.75, 3.05) is 52.6 Å². The van der Waals surface area contributed by atoms with E-state index >= 15 is 0 Å². The maximum atomic E-state index is 12.0. The van der Waals surface area contributed by atoms with Crippen LogP contribution in [0.2, 0.25) is 0 Å². The zero-order chi connectivity index (χ0) is 24.8. The molecule has 0 aromatic rings. The van der Waals surface area contributed by atoms with Crippen LogP contribution in [0.25, 0.3) is 0 Å². The number of aliphatic hydroxyl groups excluding tert-OH is 4. The van der Waals surface area contributed by atoms with Gasteiger partial charge in [-0.1, -0.05) is 96.8 Å². The largest absolute Gasteiger partial charge is 0.395 e. The molecule has 0 radical (unpaired) electrons. The van der Waals surface area contributed by atoms with Gasteiger partial charge in [0.1, 0.15) is 0 Å². The molecule has 1 amide bonds. The fraction of sp³-hybridized carbons (Fsp3) is 0.962. The number of hydrogen-bond acceptors (Lipinski definition) is 6. The second-order valence-corrected chi connectivity index (χ2v) is 8.72. The fourth-order valence-electron chi connectivity index (χ4n) is 3.69. The molecule has 0 aliphatic rings. The first-order valence-corrected chi connectivity index (χ1v) is 13.6. The van der Waals surface area contributed by atoms with Gasteiger partial charge >= 0.3 is 0 Å². The molecule has 7 heteroatoms. The summed E-state index contributed by atoms with van der Waals surface area (Å²) in [4.78, 5) is 13.5. The average molecular weight is 477 g/mol. The van der Waals surface area contributed by atoms with E-state index < -0.39 is 0 Å². The van der Waals surface area contributed by atoms with E-state index in [1.54, 1.807) is 4.90 Å². The molecule has 0 rings (SSSR count). The molecule has 0 aromatic carbocycles. The minimum atomic E-state index is -0.0371. The van der Waals surface area contributed by atoms with Crippen molar-refractivity contribution in [3.05, 3.63) is 0 Å². The van der Waals surface area contributed by atoms with E-state index in [9.17, 15) is 4.79 Å². The second-order valence-electron chi connectivity index (χ2n) is 8.72. The van der Waals surface area contributed by atoms with Crippen molar-refractivity contribution in [2.45, 2.75) is 110 Å². The third-order valence-corrected chi connectivity index (χ3v) is 5.66. The van der Waals surface area contributed by atoms with Crippen LogP contribution in [0.3, 0.4) is 0 Å². The van der Waals surface area contributed by atoms with Gasteiger partial charge in [0.15, 0.2) is 0 Å². The average Bonchev–Trinajstić information content (AvgIpc) is 2.82. The van der Waals surface area contributed by atoms with Crippen LogP contribution in [0.5, 0.6) is 0 Å². The van der Waals surface area contributed by atoms with Crippen molar-refractivity contribution >= 4 is 5.91 Å². The molecule has 0 unspecified atom stereocenters. The van der Waals surface area contributed by atoms with Crippen molar-refractivity contribution in [3.8, 4) is 0 Å². The normalized spacial score (nSPS) is 10.7. The molecule has 7 nitrogen and oxygen atoms in total. The smallest absolute Gasteiger partial charge is 0.222 e. The Hall–Kier alpha value is -0.730. The van der Waals surface area contributed by atoms with E-state index in [1.165, 1.54) is 83.5 Å². The molecule has 0 saturated carbocycles. The molecule has 0 atom stereocenters.